The van der Waals surface area contributed by atoms with Gasteiger partial charge in [0.05, 0.1) is 6.61 Å². The summed E-state index contributed by atoms with van der Waals surface area (Å²) in [5, 5.41) is 27.9. The van der Waals surface area contributed by atoms with E-state index < -0.39 is 6.10 Å². The molecule has 74 valence electrons. The Morgan fingerprint density at radius 1 is 1.29 bits per heavy atom. The summed E-state index contributed by atoms with van der Waals surface area (Å²) >= 11 is 0. The molecule has 4 nitrogen and oxygen atoms in total. The van der Waals surface area contributed by atoms with Crippen LogP contribution in [0.1, 0.15) is 11.9 Å². The number of rotatable bonds is 2. The maximum atomic E-state index is 9.29. The lowest BCUT2D eigenvalue weighted by molar-refractivity contribution is 0.0789. The summed E-state index contributed by atoms with van der Waals surface area (Å²) in [5.41, 5.74) is 0.493. The number of phenols is 1. The lowest BCUT2D eigenvalue weighted by Gasteiger charge is -2.00. The molecule has 1 heterocycles. The van der Waals surface area contributed by atoms with Crippen molar-refractivity contribution in [3.63, 3.8) is 0 Å². The molecule has 0 aliphatic rings. The fourth-order valence-corrected chi connectivity index (χ4v) is 1.29. The van der Waals surface area contributed by atoms with Gasteiger partial charge in [-0.1, -0.05) is 0 Å². The highest BCUT2D eigenvalue weighted by atomic mass is 16.4. The average molecular weight is 194 g/mol. The van der Waals surface area contributed by atoms with Crippen LogP contribution in [-0.4, -0.2) is 21.9 Å². The molecule has 1 unspecified atom stereocenters. The minimum Gasteiger partial charge on any atom is -0.508 e. The Kier molecular flexibility index (Phi) is 2.15. The van der Waals surface area contributed by atoms with Crippen LogP contribution < -0.4 is 0 Å². The van der Waals surface area contributed by atoms with Crippen molar-refractivity contribution in [2.45, 2.75) is 6.10 Å². The van der Waals surface area contributed by atoms with E-state index in [1.165, 1.54) is 12.1 Å². The van der Waals surface area contributed by atoms with Gasteiger partial charge in [-0.05, 0) is 18.2 Å². The van der Waals surface area contributed by atoms with Gasteiger partial charge in [-0.25, -0.2) is 0 Å². The summed E-state index contributed by atoms with van der Waals surface area (Å²) in [7, 11) is 0. The minimum absolute atomic E-state index is 0.108. The maximum Gasteiger partial charge on any atom is 0.138 e. The normalized spacial score (nSPS) is 13.3. The second-order valence-electron chi connectivity index (χ2n) is 3.07. The zero-order chi connectivity index (χ0) is 10.1. The van der Waals surface area contributed by atoms with Crippen LogP contribution in [0.3, 0.4) is 0 Å². The smallest absolute Gasteiger partial charge is 0.138 e. The van der Waals surface area contributed by atoms with Crippen LogP contribution in [0.4, 0.5) is 0 Å². The molecule has 0 radical (unpaired) electrons. The van der Waals surface area contributed by atoms with Crippen molar-refractivity contribution in [2.75, 3.05) is 6.61 Å². The quantitative estimate of drug-likeness (QED) is 0.670. The summed E-state index contributed by atoms with van der Waals surface area (Å²) < 4.78 is 5.23. The summed E-state index contributed by atoms with van der Waals surface area (Å²) in [6, 6.07) is 6.31. The third kappa shape index (κ3) is 1.45. The fraction of sp³-hybridized carbons (Fsp3) is 0.200. The first-order valence-electron chi connectivity index (χ1n) is 4.22. The topological polar surface area (TPSA) is 73.8 Å². The van der Waals surface area contributed by atoms with Crippen molar-refractivity contribution in [3.8, 4) is 5.75 Å². The van der Waals surface area contributed by atoms with Crippen molar-refractivity contribution < 1.29 is 19.7 Å². The predicted octanol–water partition coefficient (Wildman–Crippen LogP) is 1.16. The van der Waals surface area contributed by atoms with Crippen LogP contribution in [-0.2, 0) is 0 Å². The molecule has 2 rings (SSSR count). The third-order valence-corrected chi connectivity index (χ3v) is 2.02. The Labute approximate surface area is 80.0 Å². The number of hydrogen-bond acceptors (Lipinski definition) is 4. The van der Waals surface area contributed by atoms with E-state index in [2.05, 4.69) is 0 Å². The number of phenolic OH excluding ortho intramolecular Hbond substituents is 1. The molecule has 0 aliphatic carbocycles. The van der Waals surface area contributed by atoms with Crippen molar-refractivity contribution in [1.82, 2.24) is 0 Å². The third-order valence-electron chi connectivity index (χ3n) is 2.02. The van der Waals surface area contributed by atoms with E-state index in [-0.39, 0.29) is 12.4 Å². The van der Waals surface area contributed by atoms with Gasteiger partial charge in [-0.2, -0.15) is 0 Å². The highest BCUT2D eigenvalue weighted by Crippen LogP contribution is 2.26. The second-order valence-corrected chi connectivity index (χ2v) is 3.07. The molecule has 0 bridgehead atoms. The summed E-state index contributed by atoms with van der Waals surface area (Å²) in [6.07, 6.45) is -1.01. The Morgan fingerprint density at radius 3 is 2.79 bits per heavy atom. The van der Waals surface area contributed by atoms with Crippen LogP contribution in [0.25, 0.3) is 11.0 Å². The molecule has 3 N–H and O–H groups in total. The van der Waals surface area contributed by atoms with E-state index in [9.17, 15) is 5.11 Å². The first-order chi connectivity index (χ1) is 6.70. The van der Waals surface area contributed by atoms with Crippen LogP contribution in [0.15, 0.2) is 28.7 Å². The van der Waals surface area contributed by atoms with Gasteiger partial charge in [0.2, 0.25) is 0 Å². The molecular formula is C10H10O4. The number of hydrogen-bond donors (Lipinski definition) is 3. The van der Waals surface area contributed by atoms with Crippen molar-refractivity contribution in [1.29, 1.82) is 0 Å². The van der Waals surface area contributed by atoms with Crippen molar-refractivity contribution >= 4 is 11.0 Å². The van der Waals surface area contributed by atoms with Crippen LogP contribution >= 0.6 is 0 Å². The van der Waals surface area contributed by atoms with Crippen molar-refractivity contribution in [2.24, 2.45) is 0 Å². The summed E-state index contributed by atoms with van der Waals surface area (Å²) in [5.74, 6) is 0.407. The van der Waals surface area contributed by atoms with Gasteiger partial charge in [0.25, 0.3) is 0 Å². The van der Waals surface area contributed by atoms with E-state index in [1.807, 2.05) is 0 Å². The molecule has 1 aromatic carbocycles. The van der Waals surface area contributed by atoms with Gasteiger partial charge in [-0.15, -0.1) is 0 Å². The van der Waals surface area contributed by atoms with Gasteiger partial charge < -0.3 is 19.7 Å². The Hall–Kier alpha value is -1.52. The molecule has 14 heavy (non-hydrogen) atoms. The molecule has 1 aromatic heterocycles. The van der Waals surface area contributed by atoms with Gasteiger partial charge in [0, 0.05) is 11.5 Å². The van der Waals surface area contributed by atoms with Crippen LogP contribution in [0.2, 0.25) is 0 Å². The first kappa shape index (κ1) is 9.05. The van der Waals surface area contributed by atoms with Crippen LogP contribution in [0, 0.1) is 0 Å². The lowest BCUT2D eigenvalue weighted by Crippen LogP contribution is -1.99. The molecule has 0 spiro atoms. The monoisotopic (exact) mass is 194 g/mol. The number of aliphatic hydroxyl groups excluding tert-OH is 2. The maximum absolute atomic E-state index is 9.29. The molecule has 4 heteroatoms. The van der Waals surface area contributed by atoms with Gasteiger partial charge in [-0.3, -0.25) is 0 Å². The van der Waals surface area contributed by atoms with Gasteiger partial charge in [0.15, 0.2) is 0 Å². The zero-order valence-corrected chi connectivity index (χ0v) is 7.34. The van der Waals surface area contributed by atoms with Gasteiger partial charge in [0.1, 0.15) is 23.2 Å². The molecule has 0 fully saturated rings. The minimum atomic E-state index is -1.01. The molecule has 1 atom stereocenters. The van der Waals surface area contributed by atoms with Crippen LogP contribution in [0.5, 0.6) is 5.75 Å². The van der Waals surface area contributed by atoms with E-state index in [0.717, 1.165) is 5.39 Å². The summed E-state index contributed by atoms with van der Waals surface area (Å²) in [4.78, 5) is 0. The largest absolute Gasteiger partial charge is 0.508 e. The van der Waals surface area contributed by atoms with E-state index >= 15 is 0 Å². The molecule has 0 amide bonds. The standard InChI is InChI=1S/C10H10O4/c11-5-8(13)10-3-6-1-2-7(12)4-9(6)14-10/h1-4,8,11-13H,5H2. The Bertz CT molecular complexity index is 446. The van der Waals surface area contributed by atoms with E-state index in [4.69, 9.17) is 14.6 Å². The predicted molar refractivity (Wildman–Crippen MR) is 49.9 cm³/mol. The number of aromatic hydroxyl groups is 1. The highest BCUT2D eigenvalue weighted by molar-refractivity contribution is 5.79. The fourth-order valence-electron chi connectivity index (χ4n) is 1.29. The molecule has 0 aliphatic heterocycles. The van der Waals surface area contributed by atoms with E-state index in [1.54, 1.807) is 12.1 Å². The summed E-state index contributed by atoms with van der Waals surface area (Å²) in [6.45, 7) is -0.383. The van der Waals surface area contributed by atoms with Crippen molar-refractivity contribution in [3.05, 3.63) is 30.0 Å². The Morgan fingerprint density at radius 2 is 2.07 bits per heavy atom. The second kappa shape index (κ2) is 3.32. The highest BCUT2D eigenvalue weighted by Gasteiger charge is 2.11. The number of benzene rings is 1. The number of furan rings is 1. The average Bonchev–Trinajstić information content (AvgIpc) is 2.59. The molecule has 2 aromatic rings. The zero-order valence-electron chi connectivity index (χ0n) is 7.34. The number of aliphatic hydroxyl groups is 2. The first-order valence-corrected chi connectivity index (χ1v) is 4.22. The lowest BCUT2D eigenvalue weighted by atomic mass is 10.2. The molecule has 0 saturated carbocycles. The van der Waals surface area contributed by atoms with E-state index in [0.29, 0.717) is 11.3 Å². The van der Waals surface area contributed by atoms with Gasteiger partial charge >= 0.3 is 0 Å². The molecular weight excluding hydrogens is 184 g/mol. The molecule has 0 saturated heterocycles. The number of fused-ring (bicyclic) bond motifs is 1. The Balaban J connectivity index is 2.51. The SMILES string of the molecule is OCC(O)c1cc2ccc(O)cc2o1.